The number of hydrogen-bond donors (Lipinski definition) is 0. The molecule has 0 unspecified atom stereocenters. The lowest BCUT2D eigenvalue weighted by Crippen LogP contribution is -2.01. The topological polar surface area (TPSA) is 65.0 Å². The number of para-hydroxylation sites is 1. The summed E-state index contributed by atoms with van der Waals surface area (Å²) in [5, 5.41) is 11.0. The summed E-state index contributed by atoms with van der Waals surface area (Å²) in [5.41, 5.74) is 8.34. The molecular weight excluding hydrogens is 687 g/mol. The van der Waals surface area contributed by atoms with Crippen molar-refractivity contribution in [1.29, 1.82) is 0 Å². The van der Waals surface area contributed by atoms with E-state index in [9.17, 15) is 0 Å². The van der Waals surface area contributed by atoms with Gasteiger partial charge in [0.2, 0.25) is 0 Å². The van der Waals surface area contributed by atoms with Crippen LogP contribution in [0.3, 0.4) is 0 Å². The van der Waals surface area contributed by atoms with E-state index in [1.54, 1.807) is 0 Å². The summed E-state index contributed by atoms with van der Waals surface area (Å²) < 4.78 is 12.8. The first-order valence-corrected chi connectivity index (χ1v) is 18.8. The maximum atomic E-state index is 6.48. The Kier molecular flexibility index (Phi) is 6.56. The van der Waals surface area contributed by atoms with E-state index in [0.717, 1.165) is 98.6 Å². The fourth-order valence-electron chi connectivity index (χ4n) is 8.50. The third-order valence-corrected chi connectivity index (χ3v) is 11.1. The molecule has 0 fully saturated rings. The van der Waals surface area contributed by atoms with Crippen molar-refractivity contribution in [2.24, 2.45) is 0 Å². The van der Waals surface area contributed by atoms with Crippen LogP contribution in [0.25, 0.3) is 121 Å². The van der Waals surface area contributed by atoms with Gasteiger partial charge < -0.3 is 8.83 Å². The minimum absolute atomic E-state index is 0.588. The number of nitrogens with zero attached hydrogens (tertiary/aromatic N) is 3. The van der Waals surface area contributed by atoms with E-state index >= 15 is 0 Å². The molecule has 0 aliphatic rings. The summed E-state index contributed by atoms with van der Waals surface area (Å²) in [6, 6.07) is 61.0. The maximum absolute atomic E-state index is 6.48. The molecule has 0 amide bonds. The molecule has 0 saturated carbocycles. The van der Waals surface area contributed by atoms with Crippen LogP contribution in [0, 0.1) is 0 Å². The van der Waals surface area contributed by atoms with E-state index in [4.69, 9.17) is 23.8 Å². The maximum Gasteiger partial charge on any atom is 0.164 e. The van der Waals surface area contributed by atoms with E-state index in [2.05, 4.69) is 146 Å². The second-order valence-electron chi connectivity index (χ2n) is 14.3. The summed E-state index contributed by atoms with van der Waals surface area (Å²) in [5.74, 6) is 1.80. The zero-order chi connectivity index (χ0) is 36.7. The average Bonchev–Trinajstić information content (AvgIpc) is 3.83. The highest BCUT2D eigenvalue weighted by atomic mass is 16.3. The fourth-order valence-corrected chi connectivity index (χ4v) is 8.50. The molecule has 0 aliphatic heterocycles. The number of aromatic nitrogens is 3. The van der Waals surface area contributed by atoms with Gasteiger partial charge in [0.15, 0.2) is 17.5 Å². The lowest BCUT2D eigenvalue weighted by molar-refractivity contribution is 0.669. The molecule has 5 heteroatoms. The molecule has 0 spiro atoms. The fraction of sp³-hybridized carbons (Fsp3) is 0. The van der Waals surface area contributed by atoms with Gasteiger partial charge in [0.1, 0.15) is 22.3 Å². The molecule has 3 aromatic heterocycles. The molecule has 0 N–H and O–H groups in total. The quantitative estimate of drug-likeness (QED) is 0.181. The number of fused-ring (bicyclic) bond motifs is 9. The highest BCUT2D eigenvalue weighted by Gasteiger charge is 2.21. The Labute approximate surface area is 320 Å². The summed E-state index contributed by atoms with van der Waals surface area (Å²) in [6.07, 6.45) is 0. The van der Waals surface area contributed by atoms with Crippen LogP contribution >= 0.6 is 0 Å². The van der Waals surface area contributed by atoms with Crippen LogP contribution < -0.4 is 0 Å². The van der Waals surface area contributed by atoms with Crippen molar-refractivity contribution in [3.8, 4) is 45.3 Å². The van der Waals surface area contributed by atoms with E-state index in [-0.39, 0.29) is 0 Å². The smallest absolute Gasteiger partial charge is 0.164 e. The molecule has 0 bridgehead atoms. The molecule has 0 saturated heterocycles. The third-order valence-electron chi connectivity index (χ3n) is 11.1. The molecule has 260 valence electrons. The van der Waals surface area contributed by atoms with E-state index in [0.29, 0.717) is 17.5 Å². The zero-order valence-corrected chi connectivity index (χ0v) is 29.9. The Bertz CT molecular complexity index is 3560. The van der Waals surface area contributed by atoms with Crippen molar-refractivity contribution in [3.63, 3.8) is 0 Å². The SMILES string of the molecule is c1ccc2cc(-c3nc(-c4ccc(-c5cccc6oc7cc8ccccc8cc7c56)c5ccccc45)nc(-c4cccc5oc6ccccc6c45)n3)ccc2c1. The molecular formula is C51H29N3O2. The molecule has 3 heterocycles. The van der Waals surface area contributed by atoms with Crippen LogP contribution in [0.15, 0.2) is 185 Å². The highest BCUT2D eigenvalue weighted by Crippen LogP contribution is 2.43. The van der Waals surface area contributed by atoms with Crippen molar-refractivity contribution in [2.45, 2.75) is 0 Å². The van der Waals surface area contributed by atoms with Gasteiger partial charge in [-0.2, -0.15) is 0 Å². The van der Waals surface area contributed by atoms with E-state index in [1.807, 2.05) is 30.3 Å². The lowest BCUT2D eigenvalue weighted by atomic mass is 9.92. The monoisotopic (exact) mass is 715 g/mol. The molecule has 9 aromatic carbocycles. The first-order chi connectivity index (χ1) is 27.7. The van der Waals surface area contributed by atoms with Gasteiger partial charge in [-0.25, -0.2) is 15.0 Å². The van der Waals surface area contributed by atoms with Gasteiger partial charge in [-0.1, -0.05) is 133 Å². The van der Waals surface area contributed by atoms with Crippen LogP contribution in [0.5, 0.6) is 0 Å². The minimum atomic E-state index is 0.588. The van der Waals surface area contributed by atoms with Crippen molar-refractivity contribution in [1.82, 2.24) is 15.0 Å². The van der Waals surface area contributed by atoms with E-state index in [1.165, 1.54) is 5.39 Å². The van der Waals surface area contributed by atoms with E-state index < -0.39 is 0 Å². The van der Waals surface area contributed by atoms with Gasteiger partial charge in [-0.05, 0) is 85.9 Å². The molecule has 12 rings (SSSR count). The van der Waals surface area contributed by atoms with Gasteiger partial charge >= 0.3 is 0 Å². The predicted molar refractivity (Wildman–Crippen MR) is 229 cm³/mol. The van der Waals surface area contributed by atoms with Crippen LogP contribution in [0.1, 0.15) is 0 Å². The van der Waals surface area contributed by atoms with Crippen molar-refractivity contribution < 1.29 is 8.83 Å². The van der Waals surface area contributed by atoms with Crippen molar-refractivity contribution in [3.05, 3.63) is 176 Å². The van der Waals surface area contributed by atoms with Crippen LogP contribution in [-0.2, 0) is 0 Å². The summed E-state index contributed by atoms with van der Waals surface area (Å²) in [4.78, 5) is 15.7. The Balaban J connectivity index is 1.10. The highest BCUT2D eigenvalue weighted by molar-refractivity contribution is 6.18. The number of benzene rings is 9. The number of hydrogen-bond acceptors (Lipinski definition) is 5. The molecule has 0 aliphatic carbocycles. The second kappa shape index (κ2) is 11.9. The third kappa shape index (κ3) is 4.71. The van der Waals surface area contributed by atoms with Crippen LogP contribution in [-0.4, -0.2) is 15.0 Å². The first kappa shape index (κ1) is 30.8. The number of rotatable bonds is 4. The molecule has 0 radical (unpaired) electrons. The predicted octanol–water partition coefficient (Wildman–Crippen LogP) is 13.8. The van der Waals surface area contributed by atoms with Gasteiger partial charge in [-0.15, -0.1) is 0 Å². The van der Waals surface area contributed by atoms with Crippen molar-refractivity contribution in [2.75, 3.05) is 0 Å². The first-order valence-electron chi connectivity index (χ1n) is 18.8. The molecule has 0 atom stereocenters. The average molecular weight is 716 g/mol. The van der Waals surface area contributed by atoms with Gasteiger partial charge in [0.25, 0.3) is 0 Å². The summed E-state index contributed by atoms with van der Waals surface area (Å²) >= 11 is 0. The van der Waals surface area contributed by atoms with Crippen LogP contribution in [0.2, 0.25) is 0 Å². The van der Waals surface area contributed by atoms with Gasteiger partial charge in [0.05, 0.1) is 0 Å². The molecule has 56 heavy (non-hydrogen) atoms. The largest absolute Gasteiger partial charge is 0.456 e. The summed E-state index contributed by atoms with van der Waals surface area (Å²) in [7, 11) is 0. The standard InChI is InChI=1S/C51H29N3O2/c1-2-12-31-27-34(24-23-30(31)11-1)49-52-50(54-51(53-49)41-19-10-22-45-48(41)40-17-7-8-20-43(40)55-45)39-26-25-37(35-15-5-6-16-36(35)39)38-18-9-21-44-47(38)42-28-32-13-3-4-14-33(32)29-46(42)56-44/h1-29H. The minimum Gasteiger partial charge on any atom is -0.456 e. The number of furan rings is 2. The Morgan fingerprint density at radius 3 is 1.61 bits per heavy atom. The zero-order valence-electron chi connectivity index (χ0n) is 29.9. The normalized spacial score (nSPS) is 11.9. The van der Waals surface area contributed by atoms with Gasteiger partial charge in [-0.3, -0.25) is 0 Å². The van der Waals surface area contributed by atoms with Gasteiger partial charge in [0, 0.05) is 38.2 Å². The second-order valence-corrected chi connectivity index (χ2v) is 14.3. The Morgan fingerprint density at radius 1 is 0.286 bits per heavy atom. The molecule has 12 aromatic rings. The lowest BCUT2D eigenvalue weighted by Gasteiger charge is -2.14. The van der Waals surface area contributed by atoms with Crippen molar-refractivity contribution >= 4 is 76.2 Å². The Hall–Kier alpha value is -7.63. The van der Waals surface area contributed by atoms with Crippen LogP contribution in [0.4, 0.5) is 0 Å². The Morgan fingerprint density at radius 2 is 0.821 bits per heavy atom. The molecule has 5 nitrogen and oxygen atoms in total. The summed E-state index contributed by atoms with van der Waals surface area (Å²) in [6.45, 7) is 0.